The van der Waals surface area contributed by atoms with Gasteiger partial charge in [0.1, 0.15) is 0 Å². The molecule has 3 aromatic rings. The number of hydrogen-bond acceptors (Lipinski definition) is 5. The Balaban J connectivity index is 1.45. The lowest BCUT2D eigenvalue weighted by atomic mass is 10.1. The van der Waals surface area contributed by atoms with Gasteiger partial charge in [0.2, 0.25) is 5.88 Å². The molecule has 1 fully saturated rings. The summed E-state index contributed by atoms with van der Waals surface area (Å²) < 4.78 is 7.81. The Kier molecular flexibility index (Phi) is 5.94. The highest BCUT2D eigenvalue weighted by Crippen LogP contribution is 2.30. The van der Waals surface area contributed by atoms with Gasteiger partial charge in [0.15, 0.2) is 5.65 Å². The largest absolute Gasteiger partial charge is 0.477 e. The van der Waals surface area contributed by atoms with E-state index in [0.717, 1.165) is 29.9 Å². The van der Waals surface area contributed by atoms with Gasteiger partial charge in [0.05, 0.1) is 18.5 Å². The van der Waals surface area contributed by atoms with Gasteiger partial charge in [-0.1, -0.05) is 24.6 Å². The molecule has 1 aromatic carbocycles. The van der Waals surface area contributed by atoms with Crippen LogP contribution in [0.5, 0.6) is 5.88 Å². The molecule has 0 N–H and O–H groups in total. The number of piperidine rings is 1. The summed E-state index contributed by atoms with van der Waals surface area (Å²) in [6, 6.07) is 12.2. The first kappa shape index (κ1) is 18.3. The highest BCUT2D eigenvalue weighted by atomic mass is 32.2. The molecule has 2 aromatic heterocycles. The van der Waals surface area contributed by atoms with Gasteiger partial charge < -0.3 is 9.64 Å². The van der Waals surface area contributed by atoms with E-state index >= 15 is 0 Å². The third-order valence-corrected chi connectivity index (χ3v) is 5.83. The number of benzene rings is 1. The van der Waals surface area contributed by atoms with Gasteiger partial charge in [0, 0.05) is 23.1 Å². The molecular weight excluding hydrogens is 356 g/mol. The monoisotopic (exact) mass is 382 g/mol. The molecular formula is C21H26N4OS. The van der Waals surface area contributed by atoms with Crippen LogP contribution >= 0.6 is 11.8 Å². The lowest BCUT2D eigenvalue weighted by molar-refractivity contribution is 0.202. The summed E-state index contributed by atoms with van der Waals surface area (Å²) in [5.41, 5.74) is 2.97. The number of thioether (sulfide) groups is 1. The molecule has 27 heavy (non-hydrogen) atoms. The zero-order valence-corrected chi connectivity index (χ0v) is 16.6. The van der Waals surface area contributed by atoms with Crippen LogP contribution in [0.1, 0.15) is 25.7 Å². The Labute approximate surface area is 164 Å². The van der Waals surface area contributed by atoms with Crippen LogP contribution in [-0.4, -0.2) is 52.0 Å². The van der Waals surface area contributed by atoms with Crippen LogP contribution in [0, 0.1) is 0 Å². The van der Waals surface area contributed by atoms with E-state index in [0.29, 0.717) is 12.5 Å². The fraction of sp³-hybridized carbons (Fsp3) is 0.429. The molecule has 142 valence electrons. The molecule has 4 rings (SSSR count). The Morgan fingerprint density at radius 3 is 2.78 bits per heavy atom. The third kappa shape index (κ3) is 4.28. The molecule has 1 saturated heterocycles. The molecule has 0 bridgehead atoms. The number of nitrogens with zero attached hydrogens (tertiary/aromatic N) is 4. The molecule has 5 nitrogen and oxygen atoms in total. The Hall–Kier alpha value is -2.05. The SMILES string of the molecule is CSc1ccccc1-c1cnc2ccc(OCCCN3CCCCC3)nn12. The summed E-state index contributed by atoms with van der Waals surface area (Å²) in [5, 5.41) is 4.68. The summed E-state index contributed by atoms with van der Waals surface area (Å²) in [6.45, 7) is 4.27. The minimum Gasteiger partial charge on any atom is -0.477 e. The molecule has 0 radical (unpaired) electrons. The number of likely N-dealkylation sites (tertiary alicyclic amines) is 1. The van der Waals surface area contributed by atoms with Crippen molar-refractivity contribution in [2.45, 2.75) is 30.6 Å². The van der Waals surface area contributed by atoms with Crippen molar-refractivity contribution in [3.63, 3.8) is 0 Å². The van der Waals surface area contributed by atoms with Crippen LogP contribution in [0.25, 0.3) is 16.9 Å². The van der Waals surface area contributed by atoms with Gasteiger partial charge in [-0.15, -0.1) is 16.9 Å². The van der Waals surface area contributed by atoms with Crippen molar-refractivity contribution in [1.29, 1.82) is 0 Å². The van der Waals surface area contributed by atoms with Crippen molar-refractivity contribution >= 4 is 17.4 Å². The minimum atomic E-state index is 0.655. The normalized spacial score (nSPS) is 15.3. The van der Waals surface area contributed by atoms with E-state index in [9.17, 15) is 0 Å². The molecule has 0 aliphatic carbocycles. The average Bonchev–Trinajstić information content (AvgIpc) is 3.15. The van der Waals surface area contributed by atoms with Crippen molar-refractivity contribution in [3.05, 3.63) is 42.6 Å². The number of aromatic nitrogens is 3. The van der Waals surface area contributed by atoms with Crippen LogP contribution in [-0.2, 0) is 0 Å². The zero-order chi connectivity index (χ0) is 18.5. The smallest absolute Gasteiger partial charge is 0.231 e. The second kappa shape index (κ2) is 8.76. The first-order valence-corrected chi connectivity index (χ1v) is 10.9. The van der Waals surface area contributed by atoms with E-state index in [1.807, 2.05) is 22.8 Å². The second-order valence-electron chi connectivity index (χ2n) is 6.89. The molecule has 0 unspecified atom stereocenters. The fourth-order valence-electron chi connectivity index (χ4n) is 3.62. The molecule has 1 aliphatic rings. The standard InChI is InChI=1S/C21H26N4OS/c1-27-19-9-4-3-8-17(19)18-16-22-20-10-11-21(23-25(18)20)26-15-7-14-24-12-5-2-6-13-24/h3-4,8-11,16H,2,5-7,12-15H2,1H3. The van der Waals surface area contributed by atoms with Gasteiger partial charge in [-0.25, -0.2) is 9.50 Å². The molecule has 0 amide bonds. The Bertz CT molecular complexity index is 889. The van der Waals surface area contributed by atoms with Gasteiger partial charge in [-0.3, -0.25) is 0 Å². The number of rotatable bonds is 7. The molecule has 6 heteroatoms. The van der Waals surface area contributed by atoms with Gasteiger partial charge >= 0.3 is 0 Å². The third-order valence-electron chi connectivity index (χ3n) is 5.04. The first-order valence-electron chi connectivity index (χ1n) is 9.68. The average molecular weight is 383 g/mol. The molecule has 0 spiro atoms. The van der Waals surface area contributed by atoms with Crippen LogP contribution < -0.4 is 4.74 Å². The zero-order valence-electron chi connectivity index (χ0n) is 15.8. The molecule has 0 saturated carbocycles. The van der Waals surface area contributed by atoms with Crippen LogP contribution in [0.15, 0.2) is 47.5 Å². The topological polar surface area (TPSA) is 42.7 Å². The summed E-state index contributed by atoms with van der Waals surface area (Å²) in [4.78, 5) is 8.25. The fourth-order valence-corrected chi connectivity index (χ4v) is 4.23. The van der Waals surface area contributed by atoms with E-state index in [1.165, 1.54) is 37.2 Å². The highest BCUT2D eigenvalue weighted by Gasteiger charge is 2.12. The minimum absolute atomic E-state index is 0.655. The van der Waals surface area contributed by atoms with Gasteiger partial charge in [-0.2, -0.15) is 0 Å². The van der Waals surface area contributed by atoms with E-state index in [4.69, 9.17) is 4.74 Å². The van der Waals surface area contributed by atoms with Crippen molar-refractivity contribution in [1.82, 2.24) is 19.5 Å². The van der Waals surface area contributed by atoms with Crippen LogP contribution in [0.4, 0.5) is 0 Å². The Morgan fingerprint density at radius 2 is 1.93 bits per heavy atom. The quantitative estimate of drug-likeness (QED) is 0.448. The van der Waals surface area contributed by atoms with E-state index in [2.05, 4.69) is 45.5 Å². The summed E-state index contributed by atoms with van der Waals surface area (Å²) in [7, 11) is 0. The van der Waals surface area contributed by atoms with E-state index < -0.39 is 0 Å². The second-order valence-corrected chi connectivity index (χ2v) is 7.74. The summed E-state index contributed by atoms with van der Waals surface area (Å²) in [6.07, 6.45) is 9.06. The number of fused-ring (bicyclic) bond motifs is 1. The predicted octanol–water partition coefficient (Wildman–Crippen LogP) is 4.37. The maximum absolute atomic E-state index is 5.93. The van der Waals surface area contributed by atoms with Crippen LogP contribution in [0.3, 0.4) is 0 Å². The maximum atomic E-state index is 5.93. The lowest BCUT2D eigenvalue weighted by Gasteiger charge is -2.26. The summed E-state index contributed by atoms with van der Waals surface area (Å²) >= 11 is 1.73. The number of hydrogen-bond donors (Lipinski definition) is 0. The Morgan fingerprint density at radius 1 is 1.07 bits per heavy atom. The number of imidazole rings is 1. The van der Waals surface area contributed by atoms with E-state index in [-0.39, 0.29) is 0 Å². The van der Waals surface area contributed by atoms with Gasteiger partial charge in [0.25, 0.3) is 0 Å². The van der Waals surface area contributed by atoms with Crippen molar-refractivity contribution in [3.8, 4) is 17.1 Å². The lowest BCUT2D eigenvalue weighted by Crippen LogP contribution is -2.31. The first-order chi connectivity index (χ1) is 13.3. The molecule has 1 aliphatic heterocycles. The molecule has 0 atom stereocenters. The van der Waals surface area contributed by atoms with E-state index in [1.54, 1.807) is 11.8 Å². The van der Waals surface area contributed by atoms with Crippen molar-refractivity contribution in [2.24, 2.45) is 0 Å². The van der Waals surface area contributed by atoms with Crippen molar-refractivity contribution in [2.75, 3.05) is 32.5 Å². The summed E-state index contributed by atoms with van der Waals surface area (Å²) in [5.74, 6) is 0.655. The van der Waals surface area contributed by atoms with Crippen LogP contribution in [0.2, 0.25) is 0 Å². The highest BCUT2D eigenvalue weighted by molar-refractivity contribution is 7.98. The van der Waals surface area contributed by atoms with Crippen molar-refractivity contribution < 1.29 is 4.74 Å². The predicted molar refractivity (Wildman–Crippen MR) is 111 cm³/mol. The van der Waals surface area contributed by atoms with Gasteiger partial charge in [-0.05, 0) is 50.7 Å². The maximum Gasteiger partial charge on any atom is 0.231 e. The molecule has 3 heterocycles. The number of ether oxygens (including phenoxy) is 1.